The Morgan fingerprint density at radius 2 is 2.15 bits per heavy atom. The summed E-state index contributed by atoms with van der Waals surface area (Å²) in [5.41, 5.74) is 0.800. The lowest BCUT2D eigenvalue weighted by Gasteiger charge is -2.31. The standard InChI is InChI=1S/C11H13BrN2O4S2/c1-3-7-11(16)13-8(15)5-14(7)20(17,18)9-4-6(2)10(12)19-9/h4,7H,3,5H2,1-2H3,(H,13,15,16). The molecule has 1 unspecified atom stereocenters. The van der Waals surface area contributed by atoms with Gasteiger partial charge in [-0.25, -0.2) is 8.42 Å². The predicted molar refractivity (Wildman–Crippen MR) is 77.9 cm³/mol. The van der Waals surface area contributed by atoms with Gasteiger partial charge in [-0.05, 0) is 40.9 Å². The first-order valence-corrected chi connectivity index (χ1v) is 8.93. The second-order valence-electron chi connectivity index (χ2n) is 4.41. The summed E-state index contributed by atoms with van der Waals surface area (Å²) in [5.74, 6) is -1.17. The molecule has 20 heavy (non-hydrogen) atoms. The fraction of sp³-hybridized carbons (Fsp3) is 0.455. The normalized spacial score (nSPS) is 21.1. The van der Waals surface area contributed by atoms with Gasteiger partial charge in [0.05, 0.1) is 10.3 Å². The van der Waals surface area contributed by atoms with Crippen molar-refractivity contribution in [3.05, 3.63) is 15.4 Å². The Kier molecular flexibility index (Phi) is 4.33. The zero-order chi connectivity index (χ0) is 15.1. The van der Waals surface area contributed by atoms with Crippen molar-refractivity contribution in [2.24, 2.45) is 0 Å². The van der Waals surface area contributed by atoms with Gasteiger partial charge in [0.2, 0.25) is 11.8 Å². The van der Waals surface area contributed by atoms with Crippen LogP contribution in [0.25, 0.3) is 0 Å². The number of sulfonamides is 1. The first-order valence-electron chi connectivity index (χ1n) is 5.88. The van der Waals surface area contributed by atoms with Gasteiger partial charge in [0, 0.05) is 0 Å². The van der Waals surface area contributed by atoms with Gasteiger partial charge in [-0.3, -0.25) is 14.9 Å². The molecule has 0 radical (unpaired) electrons. The SMILES string of the molecule is CCC1C(=O)NC(=O)CN1S(=O)(=O)c1cc(C)c(Br)s1. The summed E-state index contributed by atoms with van der Waals surface area (Å²) in [6.07, 6.45) is 0.309. The van der Waals surface area contributed by atoms with Crippen molar-refractivity contribution in [3.8, 4) is 0 Å². The molecule has 1 aliphatic rings. The molecule has 0 aliphatic carbocycles. The summed E-state index contributed by atoms with van der Waals surface area (Å²) in [4.78, 5) is 23.2. The van der Waals surface area contributed by atoms with Crippen molar-refractivity contribution in [1.29, 1.82) is 0 Å². The molecule has 2 rings (SSSR count). The van der Waals surface area contributed by atoms with Crippen molar-refractivity contribution in [2.75, 3.05) is 6.54 Å². The fourth-order valence-electron chi connectivity index (χ4n) is 1.96. The van der Waals surface area contributed by atoms with Crippen molar-refractivity contribution >= 4 is 49.1 Å². The molecule has 9 heteroatoms. The van der Waals surface area contributed by atoms with Crippen LogP contribution < -0.4 is 5.32 Å². The molecule has 1 fully saturated rings. The van der Waals surface area contributed by atoms with Gasteiger partial charge < -0.3 is 0 Å². The van der Waals surface area contributed by atoms with Crippen LogP contribution in [0, 0.1) is 6.92 Å². The molecule has 0 bridgehead atoms. The largest absolute Gasteiger partial charge is 0.294 e. The molecule has 1 aromatic rings. The summed E-state index contributed by atoms with van der Waals surface area (Å²) in [6, 6.07) is 0.687. The van der Waals surface area contributed by atoms with Crippen molar-refractivity contribution in [1.82, 2.24) is 9.62 Å². The minimum atomic E-state index is -3.85. The number of halogens is 1. The maximum Gasteiger partial charge on any atom is 0.253 e. The fourth-order valence-corrected chi connectivity index (χ4v) is 5.93. The molecule has 6 nitrogen and oxygen atoms in total. The van der Waals surface area contributed by atoms with Crippen LogP contribution in [0.5, 0.6) is 0 Å². The van der Waals surface area contributed by atoms with E-state index in [-0.39, 0.29) is 10.8 Å². The highest BCUT2D eigenvalue weighted by atomic mass is 79.9. The Labute approximate surface area is 129 Å². The second-order valence-corrected chi connectivity index (χ2v) is 8.90. The molecule has 0 spiro atoms. The summed E-state index contributed by atoms with van der Waals surface area (Å²) < 4.78 is 27.0. The van der Waals surface area contributed by atoms with Crippen LogP contribution in [0.2, 0.25) is 0 Å². The van der Waals surface area contributed by atoms with Crippen molar-refractivity contribution in [2.45, 2.75) is 30.5 Å². The number of thiophene rings is 1. The minimum Gasteiger partial charge on any atom is -0.294 e. The van der Waals surface area contributed by atoms with Crippen LogP contribution in [-0.2, 0) is 19.6 Å². The molecule has 1 aromatic heterocycles. The zero-order valence-electron chi connectivity index (χ0n) is 10.8. The Balaban J connectivity index is 2.45. The first-order chi connectivity index (χ1) is 9.27. The predicted octanol–water partition coefficient (Wildman–Crippen LogP) is 1.24. The summed E-state index contributed by atoms with van der Waals surface area (Å²) >= 11 is 4.35. The third-order valence-corrected chi connectivity index (χ3v) is 7.44. The number of piperazine rings is 1. The number of carbonyl (C=O) groups is 2. The molecule has 0 saturated carbocycles. The van der Waals surface area contributed by atoms with E-state index in [2.05, 4.69) is 21.2 Å². The summed E-state index contributed by atoms with van der Waals surface area (Å²) in [6.45, 7) is 3.16. The number of rotatable bonds is 3. The lowest BCUT2D eigenvalue weighted by Crippen LogP contribution is -2.59. The van der Waals surface area contributed by atoms with Crippen LogP contribution in [0.15, 0.2) is 14.1 Å². The number of amides is 2. The lowest BCUT2D eigenvalue weighted by atomic mass is 10.2. The molecular weight excluding hydrogens is 368 g/mol. The zero-order valence-corrected chi connectivity index (χ0v) is 14.1. The van der Waals surface area contributed by atoms with Crippen LogP contribution >= 0.6 is 27.3 Å². The molecule has 2 heterocycles. The molecule has 110 valence electrons. The number of hydrogen-bond donors (Lipinski definition) is 1. The average Bonchev–Trinajstić information content (AvgIpc) is 2.69. The topological polar surface area (TPSA) is 83.6 Å². The maximum absolute atomic E-state index is 12.6. The van der Waals surface area contributed by atoms with Crippen LogP contribution in [-0.4, -0.2) is 37.1 Å². The Morgan fingerprint density at radius 1 is 1.50 bits per heavy atom. The smallest absolute Gasteiger partial charge is 0.253 e. The Morgan fingerprint density at radius 3 is 2.65 bits per heavy atom. The summed E-state index contributed by atoms with van der Waals surface area (Å²) in [7, 11) is -3.85. The van der Waals surface area contributed by atoms with Gasteiger partial charge in [-0.2, -0.15) is 4.31 Å². The van der Waals surface area contributed by atoms with Crippen molar-refractivity contribution in [3.63, 3.8) is 0 Å². The Bertz CT molecular complexity index is 648. The lowest BCUT2D eigenvalue weighted by molar-refractivity contribution is -0.137. The van der Waals surface area contributed by atoms with Crippen LogP contribution in [0.3, 0.4) is 0 Å². The van der Waals surface area contributed by atoms with Gasteiger partial charge in [0.15, 0.2) is 0 Å². The van der Waals surface area contributed by atoms with E-state index in [9.17, 15) is 18.0 Å². The van der Waals surface area contributed by atoms with Crippen LogP contribution in [0.4, 0.5) is 0 Å². The molecule has 0 aromatic carbocycles. The number of nitrogens with zero attached hydrogens (tertiary/aromatic N) is 1. The highest BCUT2D eigenvalue weighted by Crippen LogP contribution is 2.33. The third-order valence-electron chi connectivity index (χ3n) is 3.00. The molecule has 1 saturated heterocycles. The van der Waals surface area contributed by atoms with E-state index in [1.54, 1.807) is 13.8 Å². The quantitative estimate of drug-likeness (QED) is 0.799. The Hall–Kier alpha value is -0.770. The number of carbonyl (C=O) groups excluding carboxylic acids is 2. The molecule has 1 aliphatic heterocycles. The molecule has 1 atom stereocenters. The van der Waals surface area contributed by atoms with Crippen molar-refractivity contribution < 1.29 is 18.0 Å². The average molecular weight is 381 g/mol. The van der Waals surface area contributed by atoms with Gasteiger partial charge in [-0.1, -0.05) is 6.92 Å². The second kappa shape index (κ2) is 5.55. The number of aryl methyl sites for hydroxylation is 1. The number of hydrogen-bond acceptors (Lipinski definition) is 5. The molecule has 2 amide bonds. The van der Waals surface area contributed by atoms with Gasteiger partial charge in [-0.15, -0.1) is 11.3 Å². The van der Waals surface area contributed by atoms with Gasteiger partial charge in [0.25, 0.3) is 10.0 Å². The maximum atomic E-state index is 12.6. The molecular formula is C11H13BrN2O4S2. The van der Waals surface area contributed by atoms with E-state index in [1.165, 1.54) is 6.07 Å². The highest BCUT2D eigenvalue weighted by Gasteiger charge is 2.41. The first kappa shape index (κ1) is 15.6. The number of imide groups is 1. The minimum absolute atomic E-state index is 0.128. The highest BCUT2D eigenvalue weighted by molar-refractivity contribution is 9.11. The summed E-state index contributed by atoms with van der Waals surface area (Å²) in [5, 5.41) is 2.16. The van der Waals surface area contributed by atoms with Crippen LogP contribution in [0.1, 0.15) is 18.9 Å². The number of nitrogens with one attached hydrogen (secondary N) is 1. The van der Waals surface area contributed by atoms with Gasteiger partial charge in [0.1, 0.15) is 10.3 Å². The van der Waals surface area contributed by atoms with E-state index in [0.29, 0.717) is 6.42 Å². The van der Waals surface area contributed by atoms with E-state index in [0.717, 1.165) is 25.0 Å². The monoisotopic (exact) mass is 380 g/mol. The van der Waals surface area contributed by atoms with E-state index >= 15 is 0 Å². The molecule has 1 N–H and O–H groups in total. The van der Waals surface area contributed by atoms with E-state index in [1.807, 2.05) is 0 Å². The van der Waals surface area contributed by atoms with Gasteiger partial charge >= 0.3 is 0 Å². The van der Waals surface area contributed by atoms with E-state index < -0.39 is 27.9 Å². The van der Waals surface area contributed by atoms with E-state index in [4.69, 9.17) is 0 Å². The third kappa shape index (κ3) is 2.67.